The van der Waals surface area contributed by atoms with Crippen LogP contribution in [0.4, 0.5) is 17.5 Å². The van der Waals surface area contributed by atoms with Crippen LogP contribution in [0.3, 0.4) is 0 Å². The molecule has 4 rings (SSSR count). The zero-order valence-electron chi connectivity index (χ0n) is 16.4. The summed E-state index contributed by atoms with van der Waals surface area (Å²) in [5.74, 6) is 0.181. The molecule has 1 saturated heterocycles. The zero-order chi connectivity index (χ0) is 21.3. The summed E-state index contributed by atoms with van der Waals surface area (Å²) in [7, 11) is 0. The monoisotopic (exact) mass is 427 g/mol. The second kappa shape index (κ2) is 8.23. The predicted octanol–water partition coefficient (Wildman–Crippen LogP) is 3.82. The summed E-state index contributed by atoms with van der Waals surface area (Å²) in [6, 6.07) is 8.53. The Kier molecular flexibility index (Phi) is 5.49. The summed E-state index contributed by atoms with van der Waals surface area (Å²) in [6.07, 6.45) is 1.13. The third-order valence-corrected chi connectivity index (χ3v) is 6.16. The average molecular weight is 427 g/mol. The number of carboxylic acids is 1. The topological polar surface area (TPSA) is 121 Å². The molecule has 0 bridgehead atoms. The molecule has 2 aromatic heterocycles. The fourth-order valence-electron chi connectivity index (χ4n) is 3.60. The van der Waals surface area contributed by atoms with Gasteiger partial charge in [-0.05, 0) is 31.4 Å². The third-order valence-electron chi connectivity index (χ3n) is 5.21. The standard InChI is InChI=1S/C20H21N5O4S/c1-12-9-16-17(21-11-13-3-2-4-15(10-13)25(28)29)22-20(23-18(16)30-12)24-7-5-14(6-8-24)19(26)27/h2-4,9-10,14H,5-8,11H2,1H3,(H,26,27)(H,21,22,23). The van der Waals surface area contributed by atoms with Gasteiger partial charge in [-0.3, -0.25) is 14.9 Å². The van der Waals surface area contributed by atoms with Gasteiger partial charge in [0.1, 0.15) is 10.6 Å². The van der Waals surface area contributed by atoms with Crippen molar-refractivity contribution in [3.63, 3.8) is 0 Å². The molecule has 1 aliphatic rings. The Morgan fingerprint density at radius 2 is 2.10 bits per heavy atom. The van der Waals surface area contributed by atoms with Crippen molar-refractivity contribution < 1.29 is 14.8 Å². The number of piperidine rings is 1. The minimum atomic E-state index is -0.751. The number of hydrogen-bond acceptors (Lipinski definition) is 8. The van der Waals surface area contributed by atoms with E-state index in [-0.39, 0.29) is 11.6 Å². The van der Waals surface area contributed by atoms with E-state index in [4.69, 9.17) is 9.97 Å². The van der Waals surface area contributed by atoms with Crippen LogP contribution in [-0.2, 0) is 11.3 Å². The summed E-state index contributed by atoms with van der Waals surface area (Å²) in [4.78, 5) is 35.2. The number of hydrogen-bond donors (Lipinski definition) is 2. The van der Waals surface area contributed by atoms with Crippen molar-refractivity contribution in [2.24, 2.45) is 5.92 Å². The van der Waals surface area contributed by atoms with E-state index in [0.29, 0.717) is 44.2 Å². The summed E-state index contributed by atoms with van der Waals surface area (Å²) >= 11 is 1.58. The zero-order valence-corrected chi connectivity index (χ0v) is 17.2. The van der Waals surface area contributed by atoms with E-state index in [1.165, 1.54) is 6.07 Å². The molecule has 0 spiro atoms. The van der Waals surface area contributed by atoms with Crippen LogP contribution in [0.2, 0.25) is 0 Å². The summed E-state index contributed by atoms with van der Waals surface area (Å²) < 4.78 is 0. The molecule has 1 aromatic carbocycles. The van der Waals surface area contributed by atoms with Crippen LogP contribution in [-0.4, -0.2) is 39.1 Å². The highest BCUT2D eigenvalue weighted by molar-refractivity contribution is 7.18. The maximum Gasteiger partial charge on any atom is 0.306 e. The number of aromatic nitrogens is 2. The van der Waals surface area contributed by atoms with Crippen molar-refractivity contribution in [3.8, 4) is 0 Å². The molecule has 10 heteroatoms. The van der Waals surface area contributed by atoms with Crippen LogP contribution in [0.5, 0.6) is 0 Å². The van der Waals surface area contributed by atoms with Crippen molar-refractivity contribution in [3.05, 3.63) is 50.9 Å². The largest absolute Gasteiger partial charge is 0.481 e. The molecule has 3 heterocycles. The quantitative estimate of drug-likeness (QED) is 0.450. The molecule has 9 nitrogen and oxygen atoms in total. The number of aliphatic carboxylic acids is 1. The predicted molar refractivity (Wildman–Crippen MR) is 115 cm³/mol. The molecule has 0 radical (unpaired) electrons. The molecule has 0 aliphatic carbocycles. The van der Waals surface area contributed by atoms with Crippen LogP contribution in [0.25, 0.3) is 10.2 Å². The first-order valence-electron chi connectivity index (χ1n) is 9.64. The lowest BCUT2D eigenvalue weighted by Crippen LogP contribution is -2.37. The van der Waals surface area contributed by atoms with Crippen LogP contribution < -0.4 is 10.2 Å². The lowest BCUT2D eigenvalue weighted by Gasteiger charge is -2.30. The molecule has 30 heavy (non-hydrogen) atoms. The molecule has 0 saturated carbocycles. The van der Waals surface area contributed by atoms with Gasteiger partial charge in [-0.1, -0.05) is 12.1 Å². The van der Waals surface area contributed by atoms with Crippen molar-refractivity contribution in [1.29, 1.82) is 0 Å². The van der Waals surface area contributed by atoms with E-state index in [1.54, 1.807) is 23.5 Å². The van der Waals surface area contributed by atoms with Gasteiger partial charge in [0.15, 0.2) is 0 Å². The number of nitrogens with one attached hydrogen (secondary N) is 1. The first-order chi connectivity index (χ1) is 14.4. The Morgan fingerprint density at radius 1 is 1.33 bits per heavy atom. The van der Waals surface area contributed by atoms with Crippen LogP contribution >= 0.6 is 11.3 Å². The van der Waals surface area contributed by atoms with Crippen molar-refractivity contribution in [2.75, 3.05) is 23.3 Å². The number of anilines is 2. The second-order valence-corrected chi connectivity index (χ2v) is 8.56. The van der Waals surface area contributed by atoms with E-state index in [2.05, 4.69) is 5.32 Å². The Bertz CT molecular complexity index is 1110. The number of nitro benzene ring substituents is 1. The van der Waals surface area contributed by atoms with E-state index in [1.807, 2.05) is 24.0 Å². The first kappa shape index (κ1) is 20.0. The molecule has 3 aromatic rings. The fraction of sp³-hybridized carbons (Fsp3) is 0.350. The normalized spacial score (nSPS) is 14.8. The maximum atomic E-state index is 11.2. The van der Waals surface area contributed by atoms with Crippen LogP contribution in [0.15, 0.2) is 30.3 Å². The molecule has 2 N–H and O–H groups in total. The number of carboxylic acid groups (broad SMARTS) is 1. The van der Waals surface area contributed by atoms with E-state index < -0.39 is 10.9 Å². The highest BCUT2D eigenvalue weighted by Crippen LogP contribution is 2.32. The first-order valence-corrected chi connectivity index (χ1v) is 10.5. The number of fused-ring (bicyclic) bond motifs is 1. The van der Waals surface area contributed by atoms with Gasteiger partial charge in [0, 0.05) is 36.6 Å². The molecular weight excluding hydrogens is 406 g/mol. The van der Waals surface area contributed by atoms with Crippen LogP contribution in [0, 0.1) is 23.0 Å². The Morgan fingerprint density at radius 3 is 2.80 bits per heavy atom. The highest BCUT2D eigenvalue weighted by Gasteiger charge is 2.26. The molecule has 0 atom stereocenters. The maximum absolute atomic E-state index is 11.2. The molecule has 156 valence electrons. The molecule has 1 fully saturated rings. The molecular formula is C20H21N5O4S. The van der Waals surface area contributed by atoms with Gasteiger partial charge in [-0.15, -0.1) is 11.3 Å². The Balaban J connectivity index is 1.58. The number of thiophene rings is 1. The average Bonchev–Trinajstić information content (AvgIpc) is 3.12. The summed E-state index contributed by atoms with van der Waals surface area (Å²) in [5, 5.41) is 24.4. The number of nitro groups is 1. The molecule has 0 unspecified atom stereocenters. The van der Waals surface area contributed by atoms with Crippen molar-refractivity contribution in [1.82, 2.24) is 9.97 Å². The van der Waals surface area contributed by atoms with Gasteiger partial charge in [0.05, 0.1) is 16.2 Å². The van der Waals surface area contributed by atoms with E-state index in [0.717, 1.165) is 20.7 Å². The van der Waals surface area contributed by atoms with Gasteiger partial charge >= 0.3 is 5.97 Å². The minimum Gasteiger partial charge on any atom is -0.481 e. The van der Waals surface area contributed by atoms with Gasteiger partial charge in [0.25, 0.3) is 5.69 Å². The number of carbonyl (C=O) groups is 1. The van der Waals surface area contributed by atoms with E-state index >= 15 is 0 Å². The Hall–Kier alpha value is -3.27. The minimum absolute atomic E-state index is 0.0514. The van der Waals surface area contributed by atoms with Gasteiger partial charge in [-0.25, -0.2) is 4.98 Å². The lowest BCUT2D eigenvalue weighted by atomic mass is 9.97. The summed E-state index contributed by atoms with van der Waals surface area (Å²) in [6.45, 7) is 3.59. The Labute approximate surface area is 176 Å². The fourth-order valence-corrected chi connectivity index (χ4v) is 4.47. The molecule has 0 amide bonds. The van der Waals surface area contributed by atoms with Crippen LogP contribution in [0.1, 0.15) is 23.3 Å². The second-order valence-electron chi connectivity index (χ2n) is 7.33. The number of nitrogens with zero attached hydrogens (tertiary/aromatic N) is 4. The number of non-ortho nitro benzene ring substituents is 1. The van der Waals surface area contributed by atoms with Gasteiger partial charge in [-0.2, -0.15) is 4.98 Å². The van der Waals surface area contributed by atoms with Crippen molar-refractivity contribution in [2.45, 2.75) is 26.3 Å². The summed E-state index contributed by atoms with van der Waals surface area (Å²) in [5.41, 5.74) is 0.835. The molecule has 1 aliphatic heterocycles. The number of benzene rings is 1. The SMILES string of the molecule is Cc1cc2c(NCc3cccc([N+](=O)[O-])c3)nc(N3CCC(C(=O)O)CC3)nc2s1. The van der Waals surface area contributed by atoms with E-state index in [9.17, 15) is 20.0 Å². The van der Waals surface area contributed by atoms with Gasteiger partial charge < -0.3 is 15.3 Å². The smallest absolute Gasteiger partial charge is 0.306 e. The number of rotatable bonds is 6. The van der Waals surface area contributed by atoms with Crippen molar-refractivity contribution >= 4 is 45.0 Å². The lowest BCUT2D eigenvalue weighted by molar-refractivity contribution is -0.384. The highest BCUT2D eigenvalue weighted by atomic mass is 32.1. The van der Waals surface area contributed by atoms with Gasteiger partial charge in [0.2, 0.25) is 5.95 Å². The third kappa shape index (κ3) is 4.18. The number of aryl methyl sites for hydroxylation is 1.